The van der Waals surface area contributed by atoms with Crippen molar-refractivity contribution in [3.63, 3.8) is 0 Å². The minimum absolute atomic E-state index is 0.189. The van der Waals surface area contributed by atoms with Gasteiger partial charge in [-0.2, -0.15) is 0 Å². The van der Waals surface area contributed by atoms with Crippen LogP contribution in [-0.4, -0.2) is 26.1 Å². The Morgan fingerprint density at radius 3 is 2.21 bits per heavy atom. The maximum absolute atomic E-state index is 12.5. The quantitative estimate of drug-likeness (QED) is 0.179. The van der Waals surface area contributed by atoms with E-state index in [1.165, 1.54) is 32.1 Å². The van der Waals surface area contributed by atoms with Gasteiger partial charge in [-0.05, 0) is 36.3 Å². The number of ether oxygens (including phenoxy) is 3. The van der Waals surface area contributed by atoms with Crippen LogP contribution in [0.3, 0.4) is 0 Å². The molecule has 0 bridgehead atoms. The standard InChI is InChI=1S/C27H33NO5/c1-4-5-6-7-8-9-10-11-26(29)33-20-14-12-19(13-15-20)16-22-21-17-24(31-2)25(32-3)18-23(21)28-27(22)30/h12-18H,4-11H2,1-3H3,(H,28,30). The van der Waals surface area contributed by atoms with Crippen LogP contribution in [0.2, 0.25) is 0 Å². The molecule has 0 unspecified atom stereocenters. The highest BCUT2D eigenvalue weighted by Crippen LogP contribution is 2.41. The van der Waals surface area contributed by atoms with Crippen LogP contribution in [-0.2, 0) is 9.59 Å². The fraction of sp³-hybridized carbons (Fsp3) is 0.407. The lowest BCUT2D eigenvalue weighted by Gasteiger charge is -2.09. The first kappa shape index (κ1) is 24.4. The molecule has 0 aromatic heterocycles. The van der Waals surface area contributed by atoms with E-state index in [0.29, 0.717) is 34.9 Å². The molecule has 0 fully saturated rings. The molecule has 1 aliphatic rings. The summed E-state index contributed by atoms with van der Waals surface area (Å²) in [6.45, 7) is 2.21. The van der Waals surface area contributed by atoms with Gasteiger partial charge in [0, 0.05) is 23.6 Å². The average Bonchev–Trinajstić information content (AvgIpc) is 3.12. The third-order valence-electron chi connectivity index (χ3n) is 5.71. The Morgan fingerprint density at radius 2 is 1.55 bits per heavy atom. The number of esters is 1. The fourth-order valence-corrected chi connectivity index (χ4v) is 3.87. The smallest absolute Gasteiger partial charge is 0.311 e. The summed E-state index contributed by atoms with van der Waals surface area (Å²) in [5.74, 6) is 1.22. The molecule has 33 heavy (non-hydrogen) atoms. The molecule has 0 aliphatic carbocycles. The molecule has 0 atom stereocenters. The Kier molecular flexibility index (Phi) is 8.93. The lowest BCUT2D eigenvalue weighted by Crippen LogP contribution is -2.07. The van der Waals surface area contributed by atoms with Gasteiger partial charge in [0.15, 0.2) is 11.5 Å². The number of carbonyl (C=O) groups is 2. The molecule has 3 rings (SSSR count). The first-order chi connectivity index (χ1) is 16.0. The molecule has 2 aromatic carbocycles. The lowest BCUT2D eigenvalue weighted by molar-refractivity contribution is -0.134. The van der Waals surface area contributed by atoms with Crippen LogP contribution in [0.5, 0.6) is 17.2 Å². The van der Waals surface area contributed by atoms with Crippen molar-refractivity contribution in [1.29, 1.82) is 0 Å². The van der Waals surface area contributed by atoms with Gasteiger partial charge in [-0.1, -0.05) is 57.6 Å². The summed E-state index contributed by atoms with van der Waals surface area (Å²) in [5.41, 5.74) is 2.80. The van der Waals surface area contributed by atoms with Crippen LogP contribution in [0.1, 0.15) is 69.4 Å². The van der Waals surface area contributed by atoms with E-state index in [4.69, 9.17) is 14.2 Å². The highest BCUT2D eigenvalue weighted by molar-refractivity contribution is 6.35. The number of hydrogen-bond acceptors (Lipinski definition) is 5. The molecule has 2 aromatic rings. The summed E-state index contributed by atoms with van der Waals surface area (Å²) in [6.07, 6.45) is 10.4. The molecule has 0 saturated heterocycles. The maximum atomic E-state index is 12.5. The third-order valence-corrected chi connectivity index (χ3v) is 5.71. The van der Waals surface area contributed by atoms with E-state index in [0.717, 1.165) is 24.0 Å². The molecule has 1 amide bonds. The van der Waals surface area contributed by atoms with Crippen molar-refractivity contribution in [3.8, 4) is 17.2 Å². The van der Waals surface area contributed by atoms with E-state index in [-0.39, 0.29) is 11.9 Å². The zero-order valence-electron chi connectivity index (χ0n) is 19.7. The summed E-state index contributed by atoms with van der Waals surface area (Å²) in [7, 11) is 3.12. The zero-order chi connectivity index (χ0) is 23.6. The van der Waals surface area contributed by atoms with Gasteiger partial charge in [0.1, 0.15) is 5.75 Å². The Balaban J connectivity index is 1.58. The number of unbranched alkanes of at least 4 members (excludes halogenated alkanes) is 6. The minimum Gasteiger partial charge on any atom is -0.493 e. The molecule has 6 nitrogen and oxygen atoms in total. The summed E-state index contributed by atoms with van der Waals surface area (Å²) >= 11 is 0. The van der Waals surface area contributed by atoms with Crippen molar-refractivity contribution < 1.29 is 23.8 Å². The Labute approximate surface area is 195 Å². The summed E-state index contributed by atoms with van der Waals surface area (Å²) in [5, 5.41) is 2.86. The van der Waals surface area contributed by atoms with Gasteiger partial charge in [-0.15, -0.1) is 0 Å². The van der Waals surface area contributed by atoms with Gasteiger partial charge < -0.3 is 19.5 Å². The summed E-state index contributed by atoms with van der Waals surface area (Å²) < 4.78 is 16.1. The van der Waals surface area contributed by atoms with Crippen molar-refractivity contribution in [2.75, 3.05) is 19.5 Å². The van der Waals surface area contributed by atoms with E-state index < -0.39 is 0 Å². The SMILES string of the molecule is CCCCCCCCCC(=O)Oc1ccc(C=C2C(=O)Nc3cc(OC)c(OC)cc32)cc1. The monoisotopic (exact) mass is 451 g/mol. The molecule has 1 heterocycles. The van der Waals surface area contributed by atoms with Gasteiger partial charge in [0.25, 0.3) is 5.91 Å². The number of anilines is 1. The number of amides is 1. The van der Waals surface area contributed by atoms with E-state index in [1.807, 2.05) is 12.1 Å². The first-order valence-electron chi connectivity index (χ1n) is 11.7. The Bertz CT molecular complexity index is 994. The van der Waals surface area contributed by atoms with Crippen molar-refractivity contribution in [1.82, 2.24) is 0 Å². The van der Waals surface area contributed by atoms with Crippen molar-refractivity contribution in [3.05, 3.63) is 47.5 Å². The number of carbonyl (C=O) groups excluding carboxylic acids is 2. The molecule has 1 aliphatic heterocycles. The van der Waals surface area contributed by atoms with Crippen molar-refractivity contribution in [2.24, 2.45) is 0 Å². The second kappa shape index (κ2) is 12.1. The normalized spacial score (nSPS) is 13.5. The van der Waals surface area contributed by atoms with Crippen LogP contribution < -0.4 is 19.5 Å². The molecule has 6 heteroatoms. The number of methoxy groups -OCH3 is 2. The first-order valence-corrected chi connectivity index (χ1v) is 11.7. The summed E-state index contributed by atoms with van der Waals surface area (Å²) in [4.78, 5) is 24.6. The van der Waals surface area contributed by atoms with Crippen LogP contribution >= 0.6 is 0 Å². The van der Waals surface area contributed by atoms with Crippen molar-refractivity contribution >= 4 is 29.2 Å². The van der Waals surface area contributed by atoms with Crippen molar-refractivity contribution in [2.45, 2.75) is 58.3 Å². The molecule has 176 valence electrons. The topological polar surface area (TPSA) is 73.9 Å². The second-order valence-corrected chi connectivity index (χ2v) is 8.18. The Morgan fingerprint density at radius 1 is 0.909 bits per heavy atom. The summed E-state index contributed by atoms with van der Waals surface area (Å²) in [6, 6.07) is 10.7. The Hall–Kier alpha value is -3.28. The van der Waals surface area contributed by atoms with E-state index in [1.54, 1.807) is 44.6 Å². The van der Waals surface area contributed by atoms with Gasteiger partial charge in [0.05, 0.1) is 19.9 Å². The predicted octanol–water partition coefficient (Wildman–Crippen LogP) is 6.24. The van der Waals surface area contributed by atoms with Gasteiger partial charge in [0.2, 0.25) is 0 Å². The minimum atomic E-state index is -0.209. The fourth-order valence-electron chi connectivity index (χ4n) is 3.87. The molecule has 0 saturated carbocycles. The van der Waals surface area contributed by atoms with E-state index in [2.05, 4.69) is 12.2 Å². The third kappa shape index (κ3) is 6.60. The lowest BCUT2D eigenvalue weighted by atomic mass is 10.0. The van der Waals surface area contributed by atoms with Crippen LogP contribution in [0, 0.1) is 0 Å². The number of hydrogen-bond donors (Lipinski definition) is 1. The number of benzene rings is 2. The number of fused-ring (bicyclic) bond motifs is 1. The number of rotatable bonds is 12. The largest absolute Gasteiger partial charge is 0.493 e. The molecule has 0 radical (unpaired) electrons. The van der Waals surface area contributed by atoms with E-state index >= 15 is 0 Å². The predicted molar refractivity (Wildman–Crippen MR) is 131 cm³/mol. The van der Waals surface area contributed by atoms with Gasteiger partial charge >= 0.3 is 5.97 Å². The van der Waals surface area contributed by atoms with Crippen LogP contribution in [0.15, 0.2) is 36.4 Å². The highest BCUT2D eigenvalue weighted by atomic mass is 16.5. The highest BCUT2D eigenvalue weighted by Gasteiger charge is 2.26. The average molecular weight is 452 g/mol. The number of nitrogens with one attached hydrogen (secondary N) is 1. The van der Waals surface area contributed by atoms with Crippen LogP contribution in [0.25, 0.3) is 11.6 Å². The molecule has 1 N–H and O–H groups in total. The van der Waals surface area contributed by atoms with Gasteiger partial charge in [-0.25, -0.2) is 0 Å². The molecule has 0 spiro atoms. The maximum Gasteiger partial charge on any atom is 0.311 e. The zero-order valence-corrected chi connectivity index (χ0v) is 19.7. The van der Waals surface area contributed by atoms with Gasteiger partial charge in [-0.3, -0.25) is 9.59 Å². The second-order valence-electron chi connectivity index (χ2n) is 8.18. The molecular weight excluding hydrogens is 418 g/mol. The van der Waals surface area contributed by atoms with E-state index in [9.17, 15) is 9.59 Å². The molecular formula is C27H33NO5. The van der Waals surface area contributed by atoms with Crippen LogP contribution in [0.4, 0.5) is 5.69 Å².